The van der Waals surface area contributed by atoms with E-state index in [1.54, 1.807) is 19.9 Å². The number of nitrogens with one attached hydrogen (secondary N) is 1. The van der Waals surface area contributed by atoms with Crippen LogP contribution in [-0.2, 0) is 20.9 Å². The first-order chi connectivity index (χ1) is 16.3. The summed E-state index contributed by atoms with van der Waals surface area (Å²) in [6.07, 6.45) is 0. The van der Waals surface area contributed by atoms with Gasteiger partial charge in [0, 0.05) is 0 Å². The van der Waals surface area contributed by atoms with E-state index >= 15 is 0 Å². The number of amides is 1. The fourth-order valence-electron chi connectivity index (χ4n) is 3.22. The zero-order valence-electron chi connectivity index (χ0n) is 19.6. The molecule has 178 valence electrons. The zero-order valence-corrected chi connectivity index (χ0v) is 20.4. The lowest BCUT2D eigenvalue weighted by molar-refractivity contribution is -0.118. The third-order valence-electron chi connectivity index (χ3n) is 5.19. The number of thiophene rings is 1. The van der Waals surface area contributed by atoms with Crippen molar-refractivity contribution < 1.29 is 28.6 Å². The van der Waals surface area contributed by atoms with Crippen LogP contribution in [0.2, 0.25) is 0 Å². The molecule has 0 fully saturated rings. The highest BCUT2D eigenvalue weighted by Crippen LogP contribution is 2.34. The molecule has 0 atom stereocenters. The molecule has 0 spiro atoms. The number of hydrogen-bond donors (Lipinski definition) is 1. The van der Waals surface area contributed by atoms with Crippen LogP contribution in [0.4, 0.5) is 5.00 Å². The lowest BCUT2D eigenvalue weighted by Crippen LogP contribution is -2.21. The molecule has 7 nitrogen and oxygen atoms in total. The number of carbonyl (C=O) groups is 3. The van der Waals surface area contributed by atoms with E-state index in [0.29, 0.717) is 11.3 Å². The van der Waals surface area contributed by atoms with Crippen LogP contribution in [0.15, 0.2) is 48.5 Å². The van der Waals surface area contributed by atoms with Gasteiger partial charge in [-0.15, -0.1) is 11.3 Å². The number of anilines is 1. The second-order valence-corrected chi connectivity index (χ2v) is 8.60. The molecular weight excluding hydrogens is 454 g/mol. The van der Waals surface area contributed by atoms with Gasteiger partial charge in [-0.05, 0) is 56.0 Å². The molecule has 1 amide bonds. The van der Waals surface area contributed by atoms with Crippen LogP contribution in [0.5, 0.6) is 5.75 Å². The lowest BCUT2D eigenvalue weighted by atomic mass is 10.1. The Hall–Kier alpha value is -3.65. The normalized spacial score (nSPS) is 10.5. The number of esters is 2. The number of rotatable bonds is 9. The molecule has 3 aromatic rings. The first-order valence-corrected chi connectivity index (χ1v) is 11.6. The summed E-state index contributed by atoms with van der Waals surface area (Å²) in [5, 5.41) is 2.91. The van der Waals surface area contributed by atoms with E-state index in [1.165, 1.54) is 0 Å². The average molecular weight is 482 g/mol. The Bertz CT molecular complexity index is 1190. The molecule has 2 aromatic carbocycles. The predicted molar refractivity (Wildman–Crippen MR) is 131 cm³/mol. The number of aryl methyl sites for hydroxylation is 1. The van der Waals surface area contributed by atoms with Crippen LogP contribution in [-0.4, -0.2) is 31.1 Å². The predicted octanol–water partition coefficient (Wildman–Crippen LogP) is 5.22. The van der Waals surface area contributed by atoms with Crippen molar-refractivity contribution in [2.75, 3.05) is 18.5 Å². The fourth-order valence-corrected chi connectivity index (χ4v) is 4.33. The van der Waals surface area contributed by atoms with Gasteiger partial charge in [0.25, 0.3) is 5.91 Å². The average Bonchev–Trinajstić information content (AvgIpc) is 3.15. The van der Waals surface area contributed by atoms with Gasteiger partial charge in [0.1, 0.15) is 22.2 Å². The van der Waals surface area contributed by atoms with Gasteiger partial charge in [-0.1, -0.05) is 42.5 Å². The van der Waals surface area contributed by atoms with E-state index in [1.807, 2.05) is 56.3 Å². The fraction of sp³-hybridized carbons (Fsp3) is 0.269. The van der Waals surface area contributed by atoms with Gasteiger partial charge >= 0.3 is 11.9 Å². The molecular formula is C26H27NO6S. The smallest absolute Gasteiger partial charge is 0.349 e. The molecule has 34 heavy (non-hydrogen) atoms. The Balaban J connectivity index is 1.76. The van der Waals surface area contributed by atoms with Gasteiger partial charge in [-0.3, -0.25) is 4.79 Å². The SMILES string of the molecule is CCOC(=O)c1c(NC(=O)COc2cccc(C)c2C)sc(C(=O)OCc2ccccc2)c1C. The molecule has 8 heteroatoms. The van der Waals surface area contributed by atoms with E-state index in [9.17, 15) is 14.4 Å². The summed E-state index contributed by atoms with van der Waals surface area (Å²) in [5.41, 5.74) is 3.37. The summed E-state index contributed by atoms with van der Waals surface area (Å²) in [7, 11) is 0. The largest absolute Gasteiger partial charge is 0.483 e. The van der Waals surface area contributed by atoms with Gasteiger partial charge in [0.05, 0.1) is 12.2 Å². The summed E-state index contributed by atoms with van der Waals surface area (Å²) in [6, 6.07) is 14.9. The van der Waals surface area contributed by atoms with E-state index in [2.05, 4.69) is 5.32 Å². The molecule has 1 heterocycles. The number of hydrogen-bond acceptors (Lipinski definition) is 7. The van der Waals surface area contributed by atoms with E-state index in [-0.39, 0.29) is 35.3 Å². The van der Waals surface area contributed by atoms with E-state index < -0.39 is 17.8 Å². The van der Waals surface area contributed by atoms with Gasteiger partial charge < -0.3 is 19.5 Å². The molecule has 3 rings (SSSR count). The molecule has 1 N–H and O–H groups in total. The Labute approximate surface area is 202 Å². The van der Waals surface area contributed by atoms with Crippen molar-refractivity contribution >= 4 is 34.2 Å². The molecule has 0 unspecified atom stereocenters. The van der Waals surface area contributed by atoms with Gasteiger partial charge in [-0.25, -0.2) is 9.59 Å². The Morgan fingerprint density at radius 3 is 2.32 bits per heavy atom. The van der Waals surface area contributed by atoms with Crippen LogP contribution < -0.4 is 10.1 Å². The lowest BCUT2D eigenvalue weighted by Gasteiger charge is -2.11. The van der Waals surface area contributed by atoms with Crippen LogP contribution in [0.25, 0.3) is 0 Å². The second kappa shape index (κ2) is 11.5. The van der Waals surface area contributed by atoms with Crippen LogP contribution in [0, 0.1) is 20.8 Å². The Morgan fingerprint density at radius 1 is 0.882 bits per heavy atom. The first kappa shape index (κ1) is 25.0. The summed E-state index contributed by atoms with van der Waals surface area (Å²) < 4.78 is 16.2. The van der Waals surface area contributed by atoms with Crippen LogP contribution in [0.3, 0.4) is 0 Å². The third kappa shape index (κ3) is 6.02. The van der Waals surface area contributed by atoms with Crippen molar-refractivity contribution in [2.24, 2.45) is 0 Å². The van der Waals surface area contributed by atoms with Gasteiger partial charge in [0.2, 0.25) is 0 Å². The summed E-state index contributed by atoms with van der Waals surface area (Å²) in [6.45, 7) is 7.19. The molecule has 0 bridgehead atoms. The summed E-state index contributed by atoms with van der Waals surface area (Å²) in [5.74, 6) is -1.06. The topological polar surface area (TPSA) is 90.9 Å². The molecule has 0 aliphatic rings. The highest BCUT2D eigenvalue weighted by atomic mass is 32.1. The highest BCUT2D eigenvalue weighted by Gasteiger charge is 2.27. The maximum absolute atomic E-state index is 12.7. The zero-order chi connectivity index (χ0) is 24.7. The highest BCUT2D eigenvalue weighted by molar-refractivity contribution is 7.18. The molecule has 0 radical (unpaired) electrons. The maximum atomic E-state index is 12.7. The van der Waals surface area contributed by atoms with Crippen molar-refractivity contribution in [1.29, 1.82) is 0 Å². The van der Waals surface area contributed by atoms with Crippen molar-refractivity contribution in [3.63, 3.8) is 0 Å². The Kier molecular flexibility index (Phi) is 8.43. The number of ether oxygens (including phenoxy) is 3. The van der Waals surface area contributed by atoms with Crippen LogP contribution in [0.1, 0.15) is 49.2 Å². The second-order valence-electron chi connectivity index (χ2n) is 7.58. The molecule has 0 aliphatic heterocycles. The van der Waals surface area contributed by atoms with Crippen molar-refractivity contribution in [2.45, 2.75) is 34.3 Å². The monoisotopic (exact) mass is 481 g/mol. The van der Waals surface area contributed by atoms with Crippen molar-refractivity contribution in [1.82, 2.24) is 0 Å². The molecule has 0 saturated heterocycles. The first-order valence-electron chi connectivity index (χ1n) is 10.8. The minimum atomic E-state index is -0.621. The van der Waals surface area contributed by atoms with Gasteiger partial charge in [0.15, 0.2) is 6.61 Å². The van der Waals surface area contributed by atoms with Gasteiger partial charge in [-0.2, -0.15) is 0 Å². The summed E-state index contributed by atoms with van der Waals surface area (Å²) >= 11 is 0.976. The Morgan fingerprint density at radius 2 is 1.62 bits per heavy atom. The standard InChI is InChI=1S/C26H27NO6S/c1-5-31-25(29)22-18(4)23(26(30)33-14-19-11-7-6-8-12-19)34-24(22)27-21(28)15-32-20-13-9-10-16(2)17(20)3/h6-13H,5,14-15H2,1-4H3,(H,27,28). The summed E-state index contributed by atoms with van der Waals surface area (Å²) in [4.78, 5) is 38.2. The van der Waals surface area contributed by atoms with E-state index in [0.717, 1.165) is 28.0 Å². The van der Waals surface area contributed by atoms with Crippen molar-refractivity contribution in [3.8, 4) is 5.75 Å². The maximum Gasteiger partial charge on any atom is 0.349 e. The minimum Gasteiger partial charge on any atom is -0.483 e. The molecule has 0 aliphatic carbocycles. The number of carbonyl (C=O) groups excluding carboxylic acids is 3. The third-order valence-corrected chi connectivity index (χ3v) is 6.38. The molecule has 0 saturated carbocycles. The minimum absolute atomic E-state index is 0.0944. The molecule has 1 aromatic heterocycles. The van der Waals surface area contributed by atoms with E-state index in [4.69, 9.17) is 14.2 Å². The van der Waals surface area contributed by atoms with Crippen molar-refractivity contribution in [3.05, 3.63) is 81.2 Å². The van der Waals surface area contributed by atoms with Crippen LogP contribution >= 0.6 is 11.3 Å². The number of benzene rings is 2. The quantitative estimate of drug-likeness (QED) is 0.421.